The summed E-state index contributed by atoms with van der Waals surface area (Å²) in [7, 11) is 3.56. The number of hydrogen-bond donors (Lipinski definition) is 3. The van der Waals surface area contributed by atoms with E-state index in [4.69, 9.17) is 4.74 Å². The number of ether oxygens (including phenoxy) is 1. The van der Waals surface area contributed by atoms with Crippen LogP contribution in [0.15, 0.2) is 11.3 Å². The third-order valence-corrected chi connectivity index (χ3v) is 4.73. The normalized spacial score (nSPS) is 21.5. The fraction of sp³-hybridized carbons (Fsp3) is 0.611. The molecule has 0 aliphatic carbocycles. The minimum atomic E-state index is -4.95. The first kappa shape index (κ1) is 23.8. The van der Waals surface area contributed by atoms with Crippen LogP contribution in [0.1, 0.15) is 24.9 Å². The number of rotatable bonds is 8. The molecule has 3 heterocycles. The minimum absolute atomic E-state index is 0.160. The number of alkyl halides is 3. The van der Waals surface area contributed by atoms with Gasteiger partial charge in [0.25, 0.3) is 0 Å². The maximum absolute atomic E-state index is 12.4. The Morgan fingerprint density at radius 3 is 2.81 bits per heavy atom. The Labute approximate surface area is 180 Å². The summed E-state index contributed by atoms with van der Waals surface area (Å²) in [6.45, 7) is -0.594. The van der Waals surface area contributed by atoms with Gasteiger partial charge in [-0.15, -0.1) is 0 Å². The summed E-state index contributed by atoms with van der Waals surface area (Å²) < 4.78 is 44.5. The number of nitrogens with zero attached hydrogens (tertiary/aromatic N) is 6. The first-order valence-corrected chi connectivity index (χ1v) is 9.83. The summed E-state index contributed by atoms with van der Waals surface area (Å²) >= 11 is 0. The van der Waals surface area contributed by atoms with Gasteiger partial charge in [-0.05, 0) is 6.42 Å². The second kappa shape index (κ2) is 9.75. The van der Waals surface area contributed by atoms with Gasteiger partial charge in [-0.3, -0.25) is 9.36 Å². The summed E-state index contributed by atoms with van der Waals surface area (Å²) in [5.74, 6) is -1.31. The number of amides is 1. The van der Waals surface area contributed by atoms with Gasteiger partial charge in [0.05, 0.1) is 19.0 Å². The van der Waals surface area contributed by atoms with Crippen molar-refractivity contribution in [3.8, 4) is 0 Å². The minimum Gasteiger partial charge on any atom is -0.394 e. The zero-order valence-corrected chi connectivity index (χ0v) is 17.5. The number of aliphatic imine (C=N–C) groups is 1. The van der Waals surface area contributed by atoms with Gasteiger partial charge in [0, 0.05) is 33.5 Å². The van der Waals surface area contributed by atoms with Crippen LogP contribution >= 0.6 is 0 Å². The predicted molar refractivity (Wildman–Crippen MR) is 106 cm³/mol. The average Bonchev–Trinajstić information content (AvgIpc) is 3.28. The van der Waals surface area contributed by atoms with Gasteiger partial charge in [0.1, 0.15) is 24.5 Å². The van der Waals surface area contributed by atoms with E-state index in [1.807, 2.05) is 5.32 Å². The number of imidazole rings is 1. The summed E-state index contributed by atoms with van der Waals surface area (Å²) in [4.78, 5) is 29.9. The lowest BCUT2D eigenvalue weighted by Gasteiger charge is -2.17. The number of fused-ring (bicyclic) bond motifs is 1. The molecule has 0 saturated carbocycles. The molecule has 0 aromatic carbocycles. The van der Waals surface area contributed by atoms with Crippen LogP contribution < -0.4 is 5.32 Å². The van der Waals surface area contributed by atoms with Crippen LogP contribution in [-0.4, -0.2) is 92.5 Å². The van der Waals surface area contributed by atoms with E-state index >= 15 is 0 Å². The molecule has 2 aromatic heterocycles. The van der Waals surface area contributed by atoms with Crippen LogP contribution in [0, 0.1) is 0 Å². The Hall–Kier alpha value is -2.84. The molecule has 0 unspecified atom stereocenters. The number of aliphatic hydroxyl groups is 2. The molecule has 1 fully saturated rings. The summed E-state index contributed by atoms with van der Waals surface area (Å²) in [6.07, 6.45) is -4.01. The number of carbonyl (C=O) groups excluding carboxylic acids is 1. The van der Waals surface area contributed by atoms with E-state index in [-0.39, 0.29) is 38.2 Å². The Morgan fingerprint density at radius 2 is 2.19 bits per heavy atom. The molecule has 1 amide bonds. The largest absolute Gasteiger partial charge is 0.471 e. The van der Waals surface area contributed by atoms with Crippen molar-refractivity contribution in [3.05, 3.63) is 12.2 Å². The van der Waals surface area contributed by atoms with Crippen molar-refractivity contribution >= 4 is 29.2 Å². The molecule has 32 heavy (non-hydrogen) atoms. The molecule has 1 saturated heterocycles. The van der Waals surface area contributed by atoms with E-state index in [1.54, 1.807) is 23.6 Å². The molecule has 3 atom stereocenters. The smallest absolute Gasteiger partial charge is 0.394 e. The van der Waals surface area contributed by atoms with Crippen LogP contribution in [0.4, 0.5) is 19.0 Å². The number of carbonyl (C=O) groups is 1. The molecule has 2 aromatic rings. The van der Waals surface area contributed by atoms with Crippen molar-refractivity contribution in [2.24, 2.45) is 4.99 Å². The maximum atomic E-state index is 12.4. The Kier molecular flexibility index (Phi) is 7.26. The molecule has 3 rings (SSSR count). The maximum Gasteiger partial charge on any atom is 0.471 e. The molecule has 1 aliphatic rings. The summed E-state index contributed by atoms with van der Waals surface area (Å²) in [5.41, 5.74) is 0.724. The van der Waals surface area contributed by atoms with E-state index in [0.717, 1.165) is 0 Å². The summed E-state index contributed by atoms with van der Waals surface area (Å²) in [6, 6.07) is 0. The highest BCUT2D eigenvalue weighted by atomic mass is 19.4. The fourth-order valence-corrected chi connectivity index (χ4v) is 3.27. The lowest BCUT2D eigenvalue weighted by atomic mass is 10.2. The quantitative estimate of drug-likeness (QED) is 0.291. The van der Waals surface area contributed by atoms with Crippen molar-refractivity contribution in [2.75, 3.05) is 27.2 Å². The fourth-order valence-electron chi connectivity index (χ4n) is 3.27. The van der Waals surface area contributed by atoms with Gasteiger partial charge >= 0.3 is 12.1 Å². The molecule has 176 valence electrons. The van der Waals surface area contributed by atoms with Gasteiger partial charge in [0.2, 0.25) is 0 Å². The zero-order chi connectivity index (χ0) is 23.5. The number of halogens is 3. The van der Waals surface area contributed by atoms with E-state index in [2.05, 4.69) is 19.9 Å². The Morgan fingerprint density at radius 1 is 1.44 bits per heavy atom. The predicted octanol–water partition coefficient (Wildman–Crippen LogP) is 0.299. The molecule has 14 heteroatoms. The van der Waals surface area contributed by atoms with Crippen LogP contribution in [0.5, 0.6) is 0 Å². The molecule has 0 bridgehead atoms. The van der Waals surface area contributed by atoms with Gasteiger partial charge in [0.15, 0.2) is 17.0 Å². The lowest BCUT2D eigenvalue weighted by molar-refractivity contribution is -0.173. The number of aryl methyl sites for hydroxylation is 1. The van der Waals surface area contributed by atoms with Crippen LogP contribution in [0.25, 0.3) is 11.2 Å². The third kappa shape index (κ3) is 5.31. The first-order chi connectivity index (χ1) is 15.1. The highest BCUT2D eigenvalue weighted by molar-refractivity contribution is 5.83. The molecular formula is C18H24F3N7O4. The number of aliphatic hydroxyl groups excluding tert-OH is 2. The monoisotopic (exact) mass is 459 g/mol. The van der Waals surface area contributed by atoms with Crippen molar-refractivity contribution in [2.45, 2.75) is 43.9 Å². The Bertz CT molecular complexity index is 979. The lowest BCUT2D eigenvalue weighted by Crippen LogP contribution is -2.37. The highest BCUT2D eigenvalue weighted by Gasteiger charge is 2.38. The molecular weight excluding hydrogens is 435 g/mol. The van der Waals surface area contributed by atoms with Gasteiger partial charge in [-0.25, -0.2) is 19.9 Å². The van der Waals surface area contributed by atoms with Crippen molar-refractivity contribution < 1.29 is 32.9 Å². The average molecular weight is 459 g/mol. The third-order valence-electron chi connectivity index (χ3n) is 4.73. The zero-order valence-electron chi connectivity index (χ0n) is 17.5. The van der Waals surface area contributed by atoms with Gasteiger partial charge < -0.3 is 25.2 Å². The van der Waals surface area contributed by atoms with E-state index < -0.39 is 30.5 Å². The van der Waals surface area contributed by atoms with E-state index in [0.29, 0.717) is 17.0 Å². The van der Waals surface area contributed by atoms with Gasteiger partial charge in [-0.2, -0.15) is 13.2 Å². The van der Waals surface area contributed by atoms with E-state index in [1.165, 1.54) is 12.7 Å². The molecule has 3 N–H and O–H groups in total. The molecule has 1 aliphatic heterocycles. The van der Waals surface area contributed by atoms with Crippen LogP contribution in [0.3, 0.4) is 0 Å². The molecule has 0 spiro atoms. The topological polar surface area (TPSA) is 138 Å². The summed E-state index contributed by atoms with van der Waals surface area (Å²) in [5, 5.41) is 21.4. The first-order valence-electron chi connectivity index (χ1n) is 9.83. The SMILES string of the molecule is CN(C)/C=N/c1ncnc2c1nc(CCCNC(=O)C(F)(F)F)n2[C@H]1C[C@H](O)[C@@H](CO)O1. The highest BCUT2D eigenvalue weighted by Crippen LogP contribution is 2.34. The molecule has 0 radical (unpaired) electrons. The number of hydrogen-bond acceptors (Lipinski definition) is 8. The Balaban J connectivity index is 1.89. The standard InChI is InChI=1S/C18H24F3N7O4/c1-27(2)9-25-15-14-16(24-8-23-15)28(13-6-10(30)11(7-29)32-13)12(26-14)4-3-5-22-17(31)18(19,20)21/h8-11,13,29-30H,3-7H2,1-2H3,(H,22,31)/b25-9+/t10-,11+,13+/m0/s1. The number of nitrogens with one attached hydrogen (secondary N) is 1. The van der Waals surface area contributed by atoms with Crippen LogP contribution in [-0.2, 0) is 16.0 Å². The molecule has 11 nitrogen and oxygen atoms in total. The number of aromatic nitrogens is 4. The van der Waals surface area contributed by atoms with Crippen LogP contribution in [0.2, 0.25) is 0 Å². The van der Waals surface area contributed by atoms with Gasteiger partial charge in [-0.1, -0.05) is 0 Å². The van der Waals surface area contributed by atoms with E-state index in [9.17, 15) is 28.2 Å². The van der Waals surface area contributed by atoms with Crippen molar-refractivity contribution in [3.63, 3.8) is 0 Å². The second-order valence-corrected chi connectivity index (χ2v) is 7.45. The van der Waals surface area contributed by atoms with Crippen molar-refractivity contribution in [1.82, 2.24) is 29.7 Å². The second-order valence-electron chi connectivity index (χ2n) is 7.45. The van der Waals surface area contributed by atoms with Crippen molar-refractivity contribution in [1.29, 1.82) is 0 Å².